The number of amides is 1. The van der Waals surface area contributed by atoms with Crippen molar-refractivity contribution in [1.82, 2.24) is 15.1 Å². The molecule has 0 bridgehead atoms. The van der Waals surface area contributed by atoms with Gasteiger partial charge in [-0.25, -0.2) is 0 Å². The van der Waals surface area contributed by atoms with Gasteiger partial charge in [0.05, 0.1) is 17.2 Å². The number of aromatic nitrogens is 2. The van der Waals surface area contributed by atoms with Crippen LogP contribution in [0.15, 0.2) is 12.4 Å². The summed E-state index contributed by atoms with van der Waals surface area (Å²) in [6.45, 7) is 0.934. The summed E-state index contributed by atoms with van der Waals surface area (Å²) in [5, 5.41) is 15.9. The van der Waals surface area contributed by atoms with Gasteiger partial charge in [0.1, 0.15) is 0 Å². The van der Waals surface area contributed by atoms with Crippen molar-refractivity contribution in [3.8, 4) is 0 Å². The maximum absolute atomic E-state index is 11.9. The average molecular weight is 267 g/mol. The summed E-state index contributed by atoms with van der Waals surface area (Å²) in [5.41, 5.74) is -0.495. The van der Waals surface area contributed by atoms with Gasteiger partial charge in [-0.15, -0.1) is 0 Å². The topological polar surface area (TPSA) is 93.5 Å². The van der Waals surface area contributed by atoms with E-state index in [9.17, 15) is 14.7 Å². The Morgan fingerprint density at radius 3 is 2.74 bits per heavy atom. The predicted octanol–water partition coefficient (Wildman–Crippen LogP) is 0.0313. The lowest BCUT2D eigenvalue weighted by Crippen LogP contribution is -2.46. The average Bonchev–Trinajstić information content (AvgIpc) is 2.83. The standard InChI is InChI=1S/C12H17N3O4/c1-15-7-9(6-14-15)10(16)13-8-12(11(17)18)2-4-19-5-3-12/h6-7H,2-5,8H2,1H3,(H,13,16)(H,17,18). The number of hydrogen-bond donors (Lipinski definition) is 2. The van der Waals surface area contributed by atoms with Gasteiger partial charge in [0.2, 0.25) is 0 Å². The molecule has 0 radical (unpaired) electrons. The van der Waals surface area contributed by atoms with Crippen molar-refractivity contribution in [2.75, 3.05) is 19.8 Å². The Hall–Kier alpha value is -1.89. The smallest absolute Gasteiger partial charge is 0.311 e. The van der Waals surface area contributed by atoms with E-state index in [0.29, 0.717) is 31.6 Å². The second-order valence-electron chi connectivity index (χ2n) is 4.78. The number of carboxylic acids is 1. The molecule has 0 atom stereocenters. The molecule has 1 aliphatic heterocycles. The minimum Gasteiger partial charge on any atom is -0.481 e. The van der Waals surface area contributed by atoms with Crippen molar-refractivity contribution in [2.45, 2.75) is 12.8 Å². The van der Waals surface area contributed by atoms with Crippen molar-refractivity contribution in [3.63, 3.8) is 0 Å². The van der Waals surface area contributed by atoms with Crippen LogP contribution in [0.25, 0.3) is 0 Å². The summed E-state index contributed by atoms with van der Waals surface area (Å²) in [6, 6.07) is 0. The highest BCUT2D eigenvalue weighted by atomic mass is 16.5. The second kappa shape index (κ2) is 5.40. The van der Waals surface area contributed by atoms with E-state index in [0.717, 1.165) is 0 Å². The van der Waals surface area contributed by atoms with E-state index in [1.54, 1.807) is 13.2 Å². The van der Waals surface area contributed by atoms with Crippen LogP contribution in [0.5, 0.6) is 0 Å². The molecule has 1 amide bonds. The summed E-state index contributed by atoms with van der Waals surface area (Å²) in [6.07, 6.45) is 3.87. The van der Waals surface area contributed by atoms with Gasteiger partial charge >= 0.3 is 5.97 Å². The fraction of sp³-hybridized carbons (Fsp3) is 0.583. The largest absolute Gasteiger partial charge is 0.481 e. The lowest BCUT2D eigenvalue weighted by molar-refractivity contribution is -0.154. The van der Waals surface area contributed by atoms with Gasteiger partial charge in [-0.05, 0) is 12.8 Å². The first-order valence-corrected chi connectivity index (χ1v) is 6.11. The van der Waals surface area contributed by atoms with Crippen LogP contribution in [0.3, 0.4) is 0 Å². The molecule has 0 aromatic carbocycles. The van der Waals surface area contributed by atoms with Crippen LogP contribution in [0.2, 0.25) is 0 Å². The Balaban J connectivity index is 1.99. The normalized spacial score (nSPS) is 17.9. The molecular weight excluding hydrogens is 250 g/mol. The predicted molar refractivity (Wildman–Crippen MR) is 65.7 cm³/mol. The van der Waals surface area contributed by atoms with Crippen molar-refractivity contribution >= 4 is 11.9 Å². The first-order valence-electron chi connectivity index (χ1n) is 6.11. The Labute approximate surface area is 110 Å². The van der Waals surface area contributed by atoms with Crippen LogP contribution in [0, 0.1) is 5.41 Å². The van der Waals surface area contributed by atoms with Crippen LogP contribution in [0.4, 0.5) is 0 Å². The van der Waals surface area contributed by atoms with Gasteiger partial charge in [0.15, 0.2) is 0 Å². The number of carbonyl (C=O) groups excluding carboxylic acids is 1. The molecule has 7 nitrogen and oxygen atoms in total. The minimum absolute atomic E-state index is 0.111. The summed E-state index contributed by atoms with van der Waals surface area (Å²) in [4.78, 5) is 23.3. The Morgan fingerprint density at radius 1 is 1.53 bits per heavy atom. The number of aryl methyl sites for hydroxylation is 1. The van der Waals surface area contributed by atoms with E-state index >= 15 is 0 Å². The maximum atomic E-state index is 11.9. The molecule has 0 saturated carbocycles. The van der Waals surface area contributed by atoms with Crippen LogP contribution in [-0.2, 0) is 16.6 Å². The summed E-state index contributed by atoms with van der Waals surface area (Å²) < 4.78 is 6.70. The minimum atomic E-state index is -0.921. The first-order chi connectivity index (χ1) is 9.03. The van der Waals surface area contributed by atoms with E-state index in [1.165, 1.54) is 10.9 Å². The highest BCUT2D eigenvalue weighted by Crippen LogP contribution is 2.30. The molecule has 1 aromatic heterocycles. The van der Waals surface area contributed by atoms with E-state index in [2.05, 4.69) is 10.4 Å². The summed E-state index contributed by atoms with van der Waals surface area (Å²) in [5.74, 6) is -1.19. The molecule has 19 heavy (non-hydrogen) atoms. The molecule has 2 rings (SSSR count). The fourth-order valence-corrected chi connectivity index (χ4v) is 2.12. The molecular formula is C12H17N3O4. The molecule has 7 heteroatoms. The van der Waals surface area contributed by atoms with Crippen molar-refractivity contribution < 1.29 is 19.4 Å². The molecule has 2 heterocycles. The van der Waals surface area contributed by atoms with Gasteiger partial charge in [0, 0.05) is 33.0 Å². The van der Waals surface area contributed by atoms with E-state index in [-0.39, 0.29) is 12.5 Å². The van der Waals surface area contributed by atoms with Crippen molar-refractivity contribution in [2.24, 2.45) is 12.5 Å². The number of carboxylic acid groups (broad SMARTS) is 1. The summed E-state index contributed by atoms with van der Waals surface area (Å²) >= 11 is 0. The van der Waals surface area contributed by atoms with Crippen molar-refractivity contribution in [1.29, 1.82) is 0 Å². The molecule has 0 spiro atoms. The van der Waals surface area contributed by atoms with E-state index in [4.69, 9.17) is 4.74 Å². The zero-order chi connectivity index (χ0) is 13.9. The third-order valence-corrected chi connectivity index (χ3v) is 3.46. The Bertz CT molecular complexity index is 477. The number of nitrogens with zero attached hydrogens (tertiary/aromatic N) is 2. The third-order valence-electron chi connectivity index (χ3n) is 3.46. The molecule has 104 valence electrons. The Morgan fingerprint density at radius 2 is 2.21 bits per heavy atom. The lowest BCUT2D eigenvalue weighted by Gasteiger charge is -2.33. The number of aliphatic carboxylic acids is 1. The quantitative estimate of drug-likeness (QED) is 0.803. The molecule has 1 fully saturated rings. The van der Waals surface area contributed by atoms with Crippen LogP contribution < -0.4 is 5.32 Å². The van der Waals surface area contributed by atoms with E-state index in [1.807, 2.05) is 0 Å². The number of rotatable bonds is 4. The van der Waals surface area contributed by atoms with Gasteiger partial charge < -0.3 is 15.2 Å². The van der Waals surface area contributed by atoms with Gasteiger partial charge in [-0.3, -0.25) is 14.3 Å². The SMILES string of the molecule is Cn1cc(C(=O)NCC2(C(=O)O)CCOCC2)cn1. The fourth-order valence-electron chi connectivity index (χ4n) is 2.12. The maximum Gasteiger partial charge on any atom is 0.311 e. The zero-order valence-corrected chi connectivity index (χ0v) is 10.8. The lowest BCUT2D eigenvalue weighted by atomic mass is 9.80. The molecule has 2 N–H and O–H groups in total. The molecule has 0 aliphatic carbocycles. The highest BCUT2D eigenvalue weighted by Gasteiger charge is 2.40. The number of hydrogen-bond acceptors (Lipinski definition) is 4. The van der Waals surface area contributed by atoms with Gasteiger partial charge in [-0.2, -0.15) is 5.10 Å². The first kappa shape index (κ1) is 13.5. The van der Waals surface area contributed by atoms with Crippen molar-refractivity contribution in [3.05, 3.63) is 18.0 Å². The third kappa shape index (κ3) is 2.93. The van der Waals surface area contributed by atoms with Gasteiger partial charge in [0.25, 0.3) is 5.91 Å². The zero-order valence-electron chi connectivity index (χ0n) is 10.8. The second-order valence-corrected chi connectivity index (χ2v) is 4.78. The molecule has 0 unspecified atom stereocenters. The van der Waals surface area contributed by atoms with Crippen LogP contribution in [0.1, 0.15) is 23.2 Å². The van der Waals surface area contributed by atoms with Crippen LogP contribution >= 0.6 is 0 Å². The van der Waals surface area contributed by atoms with Gasteiger partial charge in [-0.1, -0.05) is 0 Å². The Kier molecular flexibility index (Phi) is 3.84. The van der Waals surface area contributed by atoms with Crippen LogP contribution in [-0.4, -0.2) is 46.5 Å². The number of ether oxygens (including phenoxy) is 1. The molecule has 1 aliphatic rings. The monoisotopic (exact) mass is 267 g/mol. The molecule has 1 aromatic rings. The van der Waals surface area contributed by atoms with E-state index < -0.39 is 11.4 Å². The highest BCUT2D eigenvalue weighted by molar-refractivity contribution is 5.94. The number of carbonyl (C=O) groups is 2. The number of nitrogens with one attached hydrogen (secondary N) is 1. The summed E-state index contributed by atoms with van der Waals surface area (Å²) in [7, 11) is 1.72. The molecule has 1 saturated heterocycles.